The second-order valence-electron chi connectivity index (χ2n) is 5.04. The molecule has 0 unspecified atom stereocenters. The SMILES string of the molecule is O=[N+]([O-])c1ccc(F)cc1OCc1nnnn1-c1ccc(OC(F)F)cc1. The molecule has 12 heteroatoms. The van der Waals surface area contributed by atoms with Crippen molar-refractivity contribution in [3.8, 4) is 17.2 Å². The van der Waals surface area contributed by atoms with E-state index < -0.39 is 23.0 Å². The highest BCUT2D eigenvalue weighted by Crippen LogP contribution is 2.28. The molecule has 2 aromatic carbocycles. The minimum Gasteiger partial charge on any atom is -0.478 e. The van der Waals surface area contributed by atoms with Crippen LogP contribution < -0.4 is 9.47 Å². The lowest BCUT2D eigenvalue weighted by atomic mass is 10.3. The van der Waals surface area contributed by atoms with Gasteiger partial charge in [0.15, 0.2) is 18.2 Å². The van der Waals surface area contributed by atoms with E-state index in [0.717, 1.165) is 18.2 Å². The van der Waals surface area contributed by atoms with Crippen LogP contribution in [0.25, 0.3) is 5.69 Å². The van der Waals surface area contributed by atoms with Crippen LogP contribution in [0.5, 0.6) is 11.5 Å². The first-order valence-electron chi connectivity index (χ1n) is 7.33. The maximum absolute atomic E-state index is 13.3. The number of nitrogens with zero attached hydrogens (tertiary/aromatic N) is 5. The van der Waals surface area contributed by atoms with Crippen molar-refractivity contribution >= 4 is 5.69 Å². The van der Waals surface area contributed by atoms with Crippen molar-refractivity contribution in [2.45, 2.75) is 13.2 Å². The summed E-state index contributed by atoms with van der Waals surface area (Å²) in [7, 11) is 0. The standard InChI is InChI=1S/C15H10F3N5O4/c16-9-1-6-12(23(24)25)13(7-9)26-8-14-19-20-21-22(14)10-2-4-11(5-3-10)27-15(17)18/h1-7,15H,8H2. The maximum atomic E-state index is 13.3. The normalized spacial score (nSPS) is 10.8. The van der Waals surface area contributed by atoms with E-state index in [1.54, 1.807) is 0 Å². The van der Waals surface area contributed by atoms with Gasteiger partial charge in [-0.25, -0.2) is 4.39 Å². The van der Waals surface area contributed by atoms with Gasteiger partial charge in [0.25, 0.3) is 0 Å². The second kappa shape index (κ2) is 7.68. The highest BCUT2D eigenvalue weighted by atomic mass is 19.3. The lowest BCUT2D eigenvalue weighted by molar-refractivity contribution is -0.386. The Kier molecular flexibility index (Phi) is 5.15. The van der Waals surface area contributed by atoms with Crippen molar-refractivity contribution in [3.05, 3.63) is 64.2 Å². The molecule has 0 radical (unpaired) electrons. The molecule has 0 saturated carbocycles. The fourth-order valence-electron chi connectivity index (χ4n) is 2.16. The molecule has 0 amide bonds. The summed E-state index contributed by atoms with van der Waals surface area (Å²) in [5.74, 6) is -0.883. The molecule has 140 valence electrons. The number of ether oxygens (including phenoxy) is 2. The summed E-state index contributed by atoms with van der Waals surface area (Å²) >= 11 is 0. The molecule has 0 bridgehead atoms. The van der Waals surface area contributed by atoms with Gasteiger partial charge in [-0.3, -0.25) is 10.1 Å². The number of nitro benzene ring substituents is 1. The summed E-state index contributed by atoms with van der Waals surface area (Å²) in [4.78, 5) is 10.3. The van der Waals surface area contributed by atoms with Crippen molar-refractivity contribution in [1.29, 1.82) is 0 Å². The van der Waals surface area contributed by atoms with Crippen LogP contribution in [0.4, 0.5) is 18.9 Å². The second-order valence-corrected chi connectivity index (χ2v) is 5.04. The third-order valence-corrected chi connectivity index (χ3v) is 3.32. The van der Waals surface area contributed by atoms with Gasteiger partial charge in [0.05, 0.1) is 10.6 Å². The van der Waals surface area contributed by atoms with Gasteiger partial charge in [0, 0.05) is 12.1 Å². The first kappa shape index (κ1) is 18.1. The highest BCUT2D eigenvalue weighted by molar-refractivity contribution is 5.46. The number of alkyl halides is 2. The number of rotatable bonds is 7. The molecule has 0 aliphatic heterocycles. The van der Waals surface area contributed by atoms with Gasteiger partial charge in [-0.05, 0) is 40.8 Å². The highest BCUT2D eigenvalue weighted by Gasteiger charge is 2.18. The van der Waals surface area contributed by atoms with Crippen LogP contribution in [0.15, 0.2) is 42.5 Å². The molecule has 0 aliphatic carbocycles. The zero-order chi connectivity index (χ0) is 19.4. The number of aromatic nitrogens is 4. The fourth-order valence-corrected chi connectivity index (χ4v) is 2.16. The molecule has 9 nitrogen and oxygen atoms in total. The minimum atomic E-state index is -2.95. The first-order chi connectivity index (χ1) is 12.9. The average molecular weight is 381 g/mol. The summed E-state index contributed by atoms with van der Waals surface area (Å²) in [5, 5.41) is 21.9. The lowest BCUT2D eigenvalue weighted by Crippen LogP contribution is -2.08. The third kappa shape index (κ3) is 4.29. The predicted octanol–water partition coefficient (Wildman–Crippen LogP) is 2.89. The molecule has 0 spiro atoms. The summed E-state index contributed by atoms with van der Waals surface area (Å²) in [5.41, 5.74) is -0.00196. The van der Waals surface area contributed by atoms with Gasteiger partial charge in [-0.1, -0.05) is 0 Å². The zero-order valence-electron chi connectivity index (χ0n) is 13.3. The molecule has 1 heterocycles. The zero-order valence-corrected chi connectivity index (χ0v) is 13.3. The third-order valence-electron chi connectivity index (χ3n) is 3.32. The van der Waals surface area contributed by atoms with E-state index in [-0.39, 0.29) is 23.9 Å². The Bertz CT molecular complexity index is 949. The van der Waals surface area contributed by atoms with Crippen LogP contribution in [0.1, 0.15) is 5.82 Å². The molecule has 0 N–H and O–H groups in total. The first-order valence-corrected chi connectivity index (χ1v) is 7.33. The van der Waals surface area contributed by atoms with Crippen LogP contribution >= 0.6 is 0 Å². The van der Waals surface area contributed by atoms with Crippen LogP contribution in [0.3, 0.4) is 0 Å². The fraction of sp³-hybridized carbons (Fsp3) is 0.133. The van der Waals surface area contributed by atoms with E-state index in [1.165, 1.54) is 28.9 Å². The monoisotopic (exact) mass is 381 g/mol. The minimum absolute atomic E-state index is 0.0463. The van der Waals surface area contributed by atoms with Crippen LogP contribution in [0.2, 0.25) is 0 Å². The van der Waals surface area contributed by atoms with Crippen molar-refractivity contribution in [2.24, 2.45) is 0 Å². The van der Waals surface area contributed by atoms with E-state index in [9.17, 15) is 23.3 Å². The molecular formula is C15H10F3N5O4. The summed E-state index contributed by atoms with van der Waals surface area (Å²) in [6, 6.07) is 8.26. The molecule has 3 rings (SSSR count). The number of benzene rings is 2. The Morgan fingerprint density at radius 3 is 2.59 bits per heavy atom. The van der Waals surface area contributed by atoms with Gasteiger partial charge in [-0.15, -0.1) is 5.10 Å². The topological polar surface area (TPSA) is 105 Å². The number of hydrogen-bond acceptors (Lipinski definition) is 7. The van der Waals surface area contributed by atoms with Gasteiger partial charge in [0.2, 0.25) is 0 Å². The molecule has 1 aromatic heterocycles. The number of tetrazole rings is 1. The lowest BCUT2D eigenvalue weighted by Gasteiger charge is -2.08. The van der Waals surface area contributed by atoms with Crippen molar-refractivity contribution in [1.82, 2.24) is 20.2 Å². The largest absolute Gasteiger partial charge is 0.478 e. The van der Waals surface area contributed by atoms with Crippen LogP contribution in [-0.4, -0.2) is 31.7 Å². The number of halogens is 3. The summed E-state index contributed by atoms with van der Waals surface area (Å²) < 4.78 is 48.5. The van der Waals surface area contributed by atoms with E-state index in [2.05, 4.69) is 20.3 Å². The molecule has 0 aliphatic rings. The van der Waals surface area contributed by atoms with E-state index in [1.807, 2.05) is 0 Å². The molecule has 27 heavy (non-hydrogen) atoms. The Labute approximate surface area is 149 Å². The molecule has 0 fully saturated rings. The molecule has 0 saturated heterocycles. The molecule has 0 atom stereocenters. The smallest absolute Gasteiger partial charge is 0.387 e. The maximum Gasteiger partial charge on any atom is 0.387 e. The summed E-state index contributed by atoms with van der Waals surface area (Å²) in [6.45, 7) is -3.25. The van der Waals surface area contributed by atoms with Crippen LogP contribution in [0, 0.1) is 15.9 Å². The Morgan fingerprint density at radius 2 is 1.93 bits per heavy atom. The van der Waals surface area contributed by atoms with E-state index in [0.29, 0.717) is 5.69 Å². The Balaban J connectivity index is 1.78. The van der Waals surface area contributed by atoms with E-state index in [4.69, 9.17) is 4.74 Å². The van der Waals surface area contributed by atoms with Gasteiger partial charge < -0.3 is 9.47 Å². The van der Waals surface area contributed by atoms with Crippen LogP contribution in [-0.2, 0) is 6.61 Å². The number of nitro groups is 1. The average Bonchev–Trinajstić information content (AvgIpc) is 3.08. The van der Waals surface area contributed by atoms with E-state index >= 15 is 0 Å². The number of hydrogen-bond donors (Lipinski definition) is 0. The van der Waals surface area contributed by atoms with Gasteiger partial charge in [-0.2, -0.15) is 13.5 Å². The van der Waals surface area contributed by atoms with Gasteiger partial charge in [0.1, 0.15) is 11.6 Å². The quantitative estimate of drug-likeness (QED) is 0.458. The predicted molar refractivity (Wildman–Crippen MR) is 83.2 cm³/mol. The van der Waals surface area contributed by atoms with Crippen molar-refractivity contribution in [3.63, 3.8) is 0 Å². The molecule has 3 aromatic rings. The Morgan fingerprint density at radius 1 is 1.19 bits per heavy atom. The Hall–Kier alpha value is -3.70. The van der Waals surface area contributed by atoms with Gasteiger partial charge >= 0.3 is 12.3 Å². The van der Waals surface area contributed by atoms with Crippen molar-refractivity contribution < 1.29 is 27.6 Å². The van der Waals surface area contributed by atoms with Crippen molar-refractivity contribution in [2.75, 3.05) is 0 Å². The molecular weight excluding hydrogens is 371 g/mol. The summed E-state index contributed by atoms with van der Waals surface area (Å²) in [6.07, 6.45) is 0.